The van der Waals surface area contributed by atoms with E-state index in [1.807, 2.05) is 0 Å². The number of nitrogens with two attached hydrogens (primary N) is 1. The predicted molar refractivity (Wildman–Crippen MR) is 39.0 cm³/mol. The maximum Gasteiger partial charge on any atom is 0.377 e. The van der Waals surface area contributed by atoms with Crippen molar-refractivity contribution in [1.29, 1.82) is 0 Å². The van der Waals surface area contributed by atoms with Crippen molar-refractivity contribution in [2.75, 3.05) is 5.73 Å². The van der Waals surface area contributed by atoms with Gasteiger partial charge >= 0.3 is 5.97 Å². The van der Waals surface area contributed by atoms with E-state index in [4.69, 9.17) is 10.8 Å². The third-order valence-electron chi connectivity index (χ3n) is 1.33. The Morgan fingerprint density at radius 1 is 1.36 bits per heavy atom. The van der Waals surface area contributed by atoms with Crippen LogP contribution in [0, 0.1) is 0 Å². The minimum Gasteiger partial charge on any atom is -0.475 e. The number of carbonyl (C=O) groups is 1. The van der Waals surface area contributed by atoms with Crippen LogP contribution in [0.15, 0.2) is 9.15 Å². The van der Waals surface area contributed by atoms with Gasteiger partial charge in [0, 0.05) is 0 Å². The highest BCUT2D eigenvalue weighted by atomic mass is 16.6. The van der Waals surface area contributed by atoms with E-state index in [-0.39, 0.29) is 17.4 Å². The van der Waals surface area contributed by atoms with Crippen LogP contribution < -0.4 is 5.73 Å². The van der Waals surface area contributed by atoms with Crippen molar-refractivity contribution >= 4 is 11.8 Å². The number of hydrogen-bond acceptors (Lipinski definition) is 8. The maximum atomic E-state index is 10.4. The van der Waals surface area contributed by atoms with Crippen molar-refractivity contribution in [2.45, 2.75) is 0 Å². The van der Waals surface area contributed by atoms with Gasteiger partial charge in [0.2, 0.25) is 11.5 Å². The predicted octanol–water partition coefficient (Wildman–Crippen LogP) is -0.600. The molecule has 0 amide bonds. The molecule has 0 atom stereocenters. The summed E-state index contributed by atoms with van der Waals surface area (Å²) in [6, 6.07) is 0. The summed E-state index contributed by atoms with van der Waals surface area (Å²) >= 11 is 0. The summed E-state index contributed by atoms with van der Waals surface area (Å²) in [6.45, 7) is 0. The zero-order valence-corrected chi connectivity index (χ0v) is 6.54. The van der Waals surface area contributed by atoms with Gasteiger partial charge in [-0.3, -0.25) is 0 Å². The number of nitrogen functional groups attached to an aromatic ring is 1. The van der Waals surface area contributed by atoms with E-state index in [0.29, 0.717) is 0 Å². The number of anilines is 1. The van der Waals surface area contributed by atoms with Crippen LogP contribution >= 0.6 is 0 Å². The number of aromatic carboxylic acids is 1. The number of hydrogen-bond donors (Lipinski definition) is 2. The molecule has 0 radical (unpaired) electrons. The summed E-state index contributed by atoms with van der Waals surface area (Å²) < 4.78 is 8.84. The Balaban J connectivity index is 2.43. The van der Waals surface area contributed by atoms with Crippen LogP contribution in [0.4, 0.5) is 5.82 Å². The van der Waals surface area contributed by atoms with Gasteiger partial charge in [0.25, 0.3) is 11.7 Å². The molecule has 2 rings (SSSR count). The Bertz CT molecular complexity index is 474. The molecule has 9 heteroatoms. The fourth-order valence-electron chi connectivity index (χ4n) is 0.750. The molecular weight excluding hydrogens is 194 g/mol. The summed E-state index contributed by atoms with van der Waals surface area (Å²) in [5, 5.41) is 18.3. The molecule has 0 saturated carbocycles. The van der Waals surface area contributed by atoms with Gasteiger partial charge in [-0.05, 0) is 15.5 Å². The van der Waals surface area contributed by atoms with Crippen molar-refractivity contribution in [3.05, 3.63) is 5.82 Å². The summed E-state index contributed by atoms with van der Waals surface area (Å²) in [7, 11) is 0. The highest BCUT2D eigenvalue weighted by molar-refractivity contribution is 5.83. The lowest BCUT2D eigenvalue weighted by molar-refractivity contribution is 0.0680. The Labute approximate surface area is 75.5 Å². The summed E-state index contributed by atoms with van der Waals surface area (Å²) in [4.78, 5) is 13.9. The van der Waals surface area contributed by atoms with E-state index in [1.54, 1.807) is 0 Å². The second-order valence-electron chi connectivity index (χ2n) is 2.23. The molecule has 9 nitrogen and oxygen atoms in total. The Kier molecular flexibility index (Phi) is 1.63. The van der Waals surface area contributed by atoms with Gasteiger partial charge in [-0.2, -0.15) is 4.98 Å². The van der Waals surface area contributed by atoms with Crippen molar-refractivity contribution < 1.29 is 19.1 Å². The number of nitrogens with zero attached hydrogens (tertiary/aromatic N) is 4. The van der Waals surface area contributed by atoms with Gasteiger partial charge in [0.15, 0.2) is 0 Å². The second kappa shape index (κ2) is 2.80. The van der Waals surface area contributed by atoms with Crippen molar-refractivity contribution in [1.82, 2.24) is 20.5 Å². The molecule has 0 spiro atoms. The fourth-order valence-corrected chi connectivity index (χ4v) is 0.750. The fraction of sp³-hybridized carbons (Fsp3) is 0. The lowest BCUT2D eigenvalue weighted by Gasteiger charge is -1.82. The van der Waals surface area contributed by atoms with Crippen LogP contribution in [0.2, 0.25) is 0 Å². The van der Waals surface area contributed by atoms with Crippen LogP contribution in [0.1, 0.15) is 10.6 Å². The number of rotatable bonds is 2. The number of aromatic nitrogens is 4. The lowest BCUT2D eigenvalue weighted by Crippen LogP contribution is -1.98. The average Bonchev–Trinajstić information content (AvgIpc) is 2.71. The Morgan fingerprint density at radius 2 is 2.14 bits per heavy atom. The molecule has 2 heterocycles. The van der Waals surface area contributed by atoms with Crippen LogP contribution in [-0.2, 0) is 0 Å². The first-order valence-electron chi connectivity index (χ1n) is 3.34. The first kappa shape index (κ1) is 8.16. The Morgan fingerprint density at radius 3 is 2.64 bits per heavy atom. The quantitative estimate of drug-likeness (QED) is 0.644. The molecule has 0 aromatic carbocycles. The van der Waals surface area contributed by atoms with Gasteiger partial charge in [0.05, 0.1) is 0 Å². The first-order chi connectivity index (χ1) is 6.68. The molecule has 0 fully saturated rings. The molecule has 14 heavy (non-hydrogen) atoms. The van der Waals surface area contributed by atoms with Crippen molar-refractivity contribution in [2.24, 2.45) is 0 Å². The minimum atomic E-state index is -1.31. The van der Waals surface area contributed by atoms with E-state index in [2.05, 4.69) is 29.6 Å². The van der Waals surface area contributed by atoms with Crippen molar-refractivity contribution in [3.8, 4) is 11.6 Å². The lowest BCUT2D eigenvalue weighted by atomic mass is 10.4. The number of carboxylic acid groups (broad SMARTS) is 1. The molecule has 0 bridgehead atoms. The van der Waals surface area contributed by atoms with Gasteiger partial charge in [0.1, 0.15) is 0 Å². The second-order valence-corrected chi connectivity index (χ2v) is 2.23. The molecule has 0 aliphatic rings. The molecule has 0 aliphatic heterocycles. The van der Waals surface area contributed by atoms with Crippen molar-refractivity contribution in [3.63, 3.8) is 0 Å². The third kappa shape index (κ3) is 1.16. The van der Waals surface area contributed by atoms with E-state index in [9.17, 15) is 4.79 Å². The third-order valence-corrected chi connectivity index (χ3v) is 1.33. The molecular formula is C5H3N5O4. The van der Waals surface area contributed by atoms with E-state index >= 15 is 0 Å². The van der Waals surface area contributed by atoms with Crippen LogP contribution in [-0.4, -0.2) is 31.5 Å². The standard InChI is InChI=1S/C5H3N5O4/c6-2-1(8-14-9-2)4-7-3(5(11)12)10-13-4/h(H2,6,9)(H,11,12). The van der Waals surface area contributed by atoms with E-state index in [1.165, 1.54) is 0 Å². The first-order valence-corrected chi connectivity index (χ1v) is 3.34. The summed E-state index contributed by atoms with van der Waals surface area (Å²) in [5.41, 5.74) is 5.33. The summed E-state index contributed by atoms with van der Waals surface area (Å²) in [5.74, 6) is -2.00. The molecule has 72 valence electrons. The average molecular weight is 197 g/mol. The SMILES string of the molecule is Nc1nonc1-c1nc(C(=O)O)no1. The van der Waals surface area contributed by atoms with Gasteiger partial charge in [-0.1, -0.05) is 0 Å². The molecule has 2 aromatic rings. The van der Waals surface area contributed by atoms with E-state index in [0.717, 1.165) is 0 Å². The largest absolute Gasteiger partial charge is 0.475 e. The van der Waals surface area contributed by atoms with Gasteiger partial charge < -0.3 is 15.4 Å². The zero-order valence-electron chi connectivity index (χ0n) is 6.54. The van der Waals surface area contributed by atoms with Crippen LogP contribution in [0.3, 0.4) is 0 Å². The van der Waals surface area contributed by atoms with Crippen LogP contribution in [0.25, 0.3) is 11.6 Å². The highest BCUT2D eigenvalue weighted by Gasteiger charge is 2.19. The Hall–Kier alpha value is -2.45. The molecule has 0 aliphatic carbocycles. The topological polar surface area (TPSA) is 141 Å². The molecule has 0 unspecified atom stereocenters. The highest BCUT2D eigenvalue weighted by Crippen LogP contribution is 2.19. The number of carboxylic acids is 1. The normalized spacial score (nSPS) is 10.3. The van der Waals surface area contributed by atoms with Gasteiger partial charge in [-0.25, -0.2) is 9.42 Å². The molecule has 3 N–H and O–H groups in total. The van der Waals surface area contributed by atoms with Crippen LogP contribution in [0.5, 0.6) is 0 Å². The minimum absolute atomic E-state index is 0.0185. The van der Waals surface area contributed by atoms with Gasteiger partial charge in [-0.15, -0.1) is 0 Å². The summed E-state index contributed by atoms with van der Waals surface area (Å²) in [6.07, 6.45) is 0. The molecule has 0 saturated heterocycles. The monoisotopic (exact) mass is 197 g/mol. The zero-order chi connectivity index (χ0) is 10.1. The van der Waals surface area contributed by atoms with E-state index < -0.39 is 11.8 Å². The molecule has 2 aromatic heterocycles. The maximum absolute atomic E-state index is 10.4. The smallest absolute Gasteiger partial charge is 0.377 e.